The number of piperidine rings is 1. The molecule has 0 bridgehead atoms. The van der Waals surface area contributed by atoms with Gasteiger partial charge in [0, 0.05) is 19.2 Å². The fourth-order valence-electron chi connectivity index (χ4n) is 3.68. The molecule has 144 valence electrons. The van der Waals surface area contributed by atoms with Crippen LogP contribution in [-0.2, 0) is 6.42 Å². The SMILES string of the molecule is Cc1cccnc1C(=O)N1CCCCC1c1ncc(Cc2cccc(F)c2)o1. The van der Waals surface area contributed by atoms with Crippen LogP contribution in [0.25, 0.3) is 0 Å². The number of halogens is 1. The molecule has 1 aromatic carbocycles. The highest BCUT2D eigenvalue weighted by Gasteiger charge is 2.33. The summed E-state index contributed by atoms with van der Waals surface area (Å²) in [7, 11) is 0. The van der Waals surface area contributed by atoms with Gasteiger partial charge in [-0.05, 0) is 55.5 Å². The van der Waals surface area contributed by atoms with Gasteiger partial charge in [0.05, 0.1) is 6.20 Å². The van der Waals surface area contributed by atoms with Crippen LogP contribution in [0.5, 0.6) is 0 Å². The van der Waals surface area contributed by atoms with E-state index in [0.29, 0.717) is 30.3 Å². The molecule has 5 nitrogen and oxygen atoms in total. The largest absolute Gasteiger partial charge is 0.443 e. The lowest BCUT2D eigenvalue weighted by atomic mass is 10.0. The van der Waals surface area contributed by atoms with E-state index in [4.69, 9.17) is 4.42 Å². The summed E-state index contributed by atoms with van der Waals surface area (Å²) in [5.74, 6) is 0.834. The van der Waals surface area contributed by atoms with Crippen LogP contribution < -0.4 is 0 Å². The monoisotopic (exact) mass is 379 g/mol. The molecule has 1 unspecified atom stereocenters. The minimum atomic E-state index is -0.271. The Morgan fingerprint density at radius 1 is 1.25 bits per heavy atom. The third kappa shape index (κ3) is 3.81. The lowest BCUT2D eigenvalue weighted by Gasteiger charge is -2.33. The average molecular weight is 379 g/mol. The number of hydrogen-bond donors (Lipinski definition) is 0. The summed E-state index contributed by atoms with van der Waals surface area (Å²) < 4.78 is 19.4. The van der Waals surface area contributed by atoms with Crippen molar-refractivity contribution in [2.24, 2.45) is 0 Å². The van der Waals surface area contributed by atoms with E-state index in [2.05, 4.69) is 9.97 Å². The van der Waals surface area contributed by atoms with Gasteiger partial charge < -0.3 is 9.32 Å². The van der Waals surface area contributed by atoms with Gasteiger partial charge >= 0.3 is 0 Å². The maximum atomic E-state index is 13.4. The first-order chi connectivity index (χ1) is 13.6. The molecular weight excluding hydrogens is 357 g/mol. The summed E-state index contributed by atoms with van der Waals surface area (Å²) in [6.45, 7) is 2.54. The number of aryl methyl sites for hydroxylation is 1. The molecule has 1 fully saturated rings. The van der Waals surface area contributed by atoms with Crippen molar-refractivity contribution in [3.8, 4) is 0 Å². The minimum Gasteiger partial charge on any atom is -0.443 e. The Balaban J connectivity index is 1.56. The zero-order valence-corrected chi connectivity index (χ0v) is 15.8. The molecule has 3 heterocycles. The Hall–Kier alpha value is -3.02. The topological polar surface area (TPSA) is 59.2 Å². The van der Waals surface area contributed by atoms with Crippen molar-refractivity contribution in [3.63, 3.8) is 0 Å². The van der Waals surface area contributed by atoms with Gasteiger partial charge in [0.25, 0.3) is 5.91 Å². The van der Waals surface area contributed by atoms with Crippen LogP contribution in [-0.4, -0.2) is 27.3 Å². The van der Waals surface area contributed by atoms with E-state index in [1.165, 1.54) is 12.1 Å². The number of oxazole rings is 1. The van der Waals surface area contributed by atoms with Gasteiger partial charge in [0.15, 0.2) is 0 Å². The first kappa shape index (κ1) is 18.3. The Labute approximate surface area is 163 Å². The van der Waals surface area contributed by atoms with Crippen molar-refractivity contribution in [2.75, 3.05) is 6.54 Å². The molecule has 0 N–H and O–H groups in total. The van der Waals surface area contributed by atoms with Crippen LogP contribution in [0.4, 0.5) is 4.39 Å². The van der Waals surface area contributed by atoms with Crippen molar-refractivity contribution < 1.29 is 13.6 Å². The standard InChI is InChI=1S/C22H22FN3O2/c1-15-6-5-10-24-20(15)22(27)26-11-3-2-9-19(26)21-25-14-18(28-21)13-16-7-4-8-17(23)12-16/h4-8,10,12,14,19H,2-3,9,11,13H2,1H3. The smallest absolute Gasteiger partial charge is 0.273 e. The van der Waals surface area contributed by atoms with Crippen LogP contribution in [0.15, 0.2) is 53.2 Å². The van der Waals surface area contributed by atoms with Crippen molar-refractivity contribution in [1.29, 1.82) is 0 Å². The van der Waals surface area contributed by atoms with Crippen LogP contribution >= 0.6 is 0 Å². The van der Waals surface area contributed by atoms with Crippen LogP contribution in [0.3, 0.4) is 0 Å². The summed E-state index contributed by atoms with van der Waals surface area (Å²) in [5, 5.41) is 0. The lowest BCUT2D eigenvalue weighted by Crippen LogP contribution is -2.39. The fraction of sp³-hybridized carbons (Fsp3) is 0.318. The third-order valence-corrected chi connectivity index (χ3v) is 5.10. The molecular formula is C22H22FN3O2. The number of pyridine rings is 1. The van der Waals surface area contributed by atoms with Crippen molar-refractivity contribution in [3.05, 3.63) is 83.1 Å². The zero-order chi connectivity index (χ0) is 19.5. The van der Waals surface area contributed by atoms with Gasteiger partial charge in [0.1, 0.15) is 23.3 Å². The molecule has 2 aromatic heterocycles. The fourth-order valence-corrected chi connectivity index (χ4v) is 3.68. The zero-order valence-electron chi connectivity index (χ0n) is 15.8. The van der Waals surface area contributed by atoms with E-state index in [1.54, 1.807) is 18.5 Å². The second-order valence-electron chi connectivity index (χ2n) is 7.15. The van der Waals surface area contributed by atoms with Crippen molar-refractivity contribution in [2.45, 2.75) is 38.6 Å². The Morgan fingerprint density at radius 2 is 2.14 bits per heavy atom. The Bertz CT molecular complexity index is 985. The normalized spacial score (nSPS) is 16.9. The van der Waals surface area contributed by atoms with Crippen LogP contribution in [0.1, 0.15) is 58.6 Å². The molecule has 1 saturated heterocycles. The average Bonchev–Trinajstić information content (AvgIpc) is 3.16. The lowest BCUT2D eigenvalue weighted by molar-refractivity contribution is 0.0563. The molecule has 1 aliphatic rings. The van der Waals surface area contributed by atoms with Crippen LogP contribution in [0, 0.1) is 12.7 Å². The minimum absolute atomic E-state index is 0.0901. The molecule has 3 aromatic rings. The van der Waals surface area contributed by atoms with Gasteiger partial charge in [-0.15, -0.1) is 0 Å². The molecule has 0 radical (unpaired) electrons. The highest BCUT2D eigenvalue weighted by Crippen LogP contribution is 2.32. The molecule has 1 aliphatic heterocycles. The highest BCUT2D eigenvalue weighted by atomic mass is 19.1. The van der Waals surface area contributed by atoms with E-state index in [9.17, 15) is 9.18 Å². The quantitative estimate of drug-likeness (QED) is 0.671. The Morgan fingerprint density at radius 3 is 2.96 bits per heavy atom. The van der Waals surface area contributed by atoms with Gasteiger partial charge in [0.2, 0.25) is 5.89 Å². The molecule has 0 aliphatic carbocycles. The number of hydrogen-bond acceptors (Lipinski definition) is 4. The van der Waals surface area contributed by atoms with Gasteiger partial charge in [-0.25, -0.2) is 9.37 Å². The molecule has 1 amide bonds. The van der Waals surface area contributed by atoms with Gasteiger partial charge in [-0.2, -0.15) is 0 Å². The Kier molecular flexibility index (Phi) is 5.19. The maximum absolute atomic E-state index is 13.4. The summed E-state index contributed by atoms with van der Waals surface area (Å²) in [6.07, 6.45) is 6.54. The van der Waals surface area contributed by atoms with Crippen LogP contribution in [0.2, 0.25) is 0 Å². The van der Waals surface area contributed by atoms with Crippen molar-refractivity contribution >= 4 is 5.91 Å². The summed E-state index contributed by atoms with van der Waals surface area (Å²) in [6, 6.07) is 9.95. The second-order valence-corrected chi connectivity index (χ2v) is 7.15. The first-order valence-electron chi connectivity index (χ1n) is 9.53. The first-order valence-corrected chi connectivity index (χ1v) is 9.53. The summed E-state index contributed by atoms with van der Waals surface area (Å²) in [5.41, 5.74) is 2.15. The number of likely N-dealkylation sites (tertiary alicyclic amines) is 1. The van der Waals surface area contributed by atoms with Gasteiger partial charge in [-0.1, -0.05) is 18.2 Å². The molecule has 0 spiro atoms. The van der Waals surface area contributed by atoms with E-state index >= 15 is 0 Å². The summed E-state index contributed by atoms with van der Waals surface area (Å²) >= 11 is 0. The van der Waals surface area contributed by atoms with E-state index in [0.717, 1.165) is 30.4 Å². The van der Waals surface area contributed by atoms with E-state index in [1.807, 2.05) is 30.0 Å². The molecule has 1 atom stereocenters. The molecule has 28 heavy (non-hydrogen) atoms. The molecule has 4 rings (SSSR count). The number of nitrogens with zero attached hydrogens (tertiary/aromatic N) is 3. The van der Waals surface area contributed by atoms with E-state index < -0.39 is 0 Å². The number of benzene rings is 1. The molecule has 6 heteroatoms. The highest BCUT2D eigenvalue weighted by molar-refractivity contribution is 5.93. The van der Waals surface area contributed by atoms with Gasteiger partial charge in [-0.3, -0.25) is 9.78 Å². The second kappa shape index (κ2) is 7.92. The number of aromatic nitrogens is 2. The molecule has 0 saturated carbocycles. The predicted octanol–water partition coefficient (Wildman–Crippen LogP) is 4.48. The third-order valence-electron chi connectivity index (χ3n) is 5.10. The van der Waals surface area contributed by atoms with E-state index in [-0.39, 0.29) is 17.8 Å². The maximum Gasteiger partial charge on any atom is 0.273 e. The van der Waals surface area contributed by atoms with Crippen molar-refractivity contribution in [1.82, 2.24) is 14.9 Å². The number of carbonyl (C=O) groups excluding carboxylic acids is 1. The number of rotatable bonds is 4. The number of amides is 1. The number of carbonyl (C=O) groups is 1. The predicted molar refractivity (Wildman–Crippen MR) is 102 cm³/mol. The summed E-state index contributed by atoms with van der Waals surface area (Å²) in [4.78, 5) is 23.6.